The van der Waals surface area contributed by atoms with Gasteiger partial charge in [-0.2, -0.15) is 0 Å². The monoisotopic (exact) mass is 334 g/mol. The van der Waals surface area contributed by atoms with Crippen LogP contribution in [0, 0.1) is 6.92 Å². The van der Waals surface area contributed by atoms with Crippen molar-refractivity contribution >= 4 is 11.6 Å². The lowest BCUT2D eigenvalue weighted by atomic mass is 10.2. The van der Waals surface area contributed by atoms with Gasteiger partial charge in [0.2, 0.25) is 11.8 Å². The molecule has 0 N–H and O–H groups in total. The molecule has 4 nitrogen and oxygen atoms in total. The van der Waals surface area contributed by atoms with Crippen molar-refractivity contribution in [1.82, 2.24) is 4.98 Å². The minimum Gasteiger partial charge on any atom is -0.441 e. The zero-order valence-electron chi connectivity index (χ0n) is 14.6. The molecule has 0 radical (unpaired) electrons. The summed E-state index contributed by atoms with van der Waals surface area (Å²) in [5.74, 6) is 1.47. The van der Waals surface area contributed by atoms with E-state index in [-0.39, 0.29) is 5.91 Å². The first kappa shape index (κ1) is 17.0. The molecule has 0 fully saturated rings. The molecule has 1 amide bonds. The first-order valence-corrected chi connectivity index (χ1v) is 8.56. The fraction of sp³-hybridized carbons (Fsp3) is 0.238. The van der Waals surface area contributed by atoms with Gasteiger partial charge in [0.05, 0.1) is 5.69 Å². The normalized spacial score (nSPS) is 10.6. The average Bonchev–Trinajstić information content (AvgIpc) is 3.03. The number of aryl methyl sites for hydroxylation is 2. The molecule has 3 rings (SSSR count). The van der Waals surface area contributed by atoms with Gasteiger partial charge in [0, 0.05) is 30.6 Å². The minimum atomic E-state index is 0.0948. The summed E-state index contributed by atoms with van der Waals surface area (Å²) in [6.07, 6.45) is 0.981. The number of hydrogen-bond acceptors (Lipinski definition) is 3. The maximum Gasteiger partial charge on any atom is 0.227 e. The van der Waals surface area contributed by atoms with Crippen LogP contribution < -0.4 is 4.90 Å². The van der Waals surface area contributed by atoms with Gasteiger partial charge in [0.1, 0.15) is 5.76 Å². The number of carbonyl (C=O) groups excluding carboxylic acids is 1. The van der Waals surface area contributed by atoms with Crippen LogP contribution >= 0.6 is 0 Å². The van der Waals surface area contributed by atoms with Gasteiger partial charge in [-0.1, -0.05) is 36.4 Å². The van der Waals surface area contributed by atoms with E-state index in [1.807, 2.05) is 74.5 Å². The maximum atomic E-state index is 12.6. The van der Waals surface area contributed by atoms with Crippen LogP contribution in [0.25, 0.3) is 11.5 Å². The molecule has 0 saturated carbocycles. The van der Waals surface area contributed by atoms with Crippen LogP contribution in [0.3, 0.4) is 0 Å². The minimum absolute atomic E-state index is 0.0948. The summed E-state index contributed by atoms with van der Waals surface area (Å²) >= 11 is 0. The molecule has 25 heavy (non-hydrogen) atoms. The number of oxazole rings is 1. The van der Waals surface area contributed by atoms with E-state index in [2.05, 4.69) is 4.98 Å². The number of nitrogens with zero attached hydrogens (tertiary/aromatic N) is 2. The van der Waals surface area contributed by atoms with E-state index in [0.29, 0.717) is 25.3 Å². The topological polar surface area (TPSA) is 46.3 Å². The number of benzene rings is 2. The second-order valence-electron chi connectivity index (χ2n) is 5.86. The van der Waals surface area contributed by atoms with Gasteiger partial charge in [-0.05, 0) is 38.1 Å². The number of para-hydroxylation sites is 1. The number of aromatic nitrogens is 1. The van der Waals surface area contributed by atoms with Crippen LogP contribution in [0.4, 0.5) is 5.69 Å². The molecule has 0 aliphatic carbocycles. The summed E-state index contributed by atoms with van der Waals surface area (Å²) in [6.45, 7) is 4.53. The van der Waals surface area contributed by atoms with Crippen LogP contribution in [0.2, 0.25) is 0 Å². The van der Waals surface area contributed by atoms with Crippen LogP contribution in [-0.2, 0) is 11.2 Å². The zero-order chi connectivity index (χ0) is 17.6. The van der Waals surface area contributed by atoms with Gasteiger partial charge in [-0.3, -0.25) is 4.79 Å². The third-order valence-corrected chi connectivity index (χ3v) is 4.17. The smallest absolute Gasteiger partial charge is 0.227 e. The molecule has 128 valence electrons. The molecule has 0 spiro atoms. The first-order valence-electron chi connectivity index (χ1n) is 8.56. The molecule has 3 aromatic rings. The van der Waals surface area contributed by atoms with E-state index in [1.165, 1.54) is 0 Å². The molecule has 0 unspecified atom stereocenters. The Morgan fingerprint density at radius 3 is 2.32 bits per heavy atom. The van der Waals surface area contributed by atoms with E-state index in [0.717, 1.165) is 22.7 Å². The second-order valence-corrected chi connectivity index (χ2v) is 5.86. The van der Waals surface area contributed by atoms with Crippen molar-refractivity contribution in [3.8, 4) is 11.5 Å². The Balaban J connectivity index is 1.69. The Bertz CT molecular complexity index is 826. The highest BCUT2D eigenvalue weighted by Gasteiger charge is 2.16. The molecule has 2 aromatic carbocycles. The molecule has 0 aliphatic rings. The Kier molecular flexibility index (Phi) is 5.29. The molecular formula is C21H22N2O2. The van der Waals surface area contributed by atoms with Crippen LogP contribution in [-0.4, -0.2) is 17.4 Å². The van der Waals surface area contributed by atoms with Crippen molar-refractivity contribution in [3.05, 3.63) is 72.1 Å². The number of rotatable bonds is 6. The fourth-order valence-corrected chi connectivity index (χ4v) is 2.84. The molecule has 0 bridgehead atoms. The van der Waals surface area contributed by atoms with Gasteiger partial charge in [-0.25, -0.2) is 4.98 Å². The second kappa shape index (κ2) is 7.79. The fourth-order valence-electron chi connectivity index (χ4n) is 2.84. The van der Waals surface area contributed by atoms with Crippen molar-refractivity contribution in [2.75, 3.05) is 11.4 Å². The zero-order valence-corrected chi connectivity index (χ0v) is 14.6. The highest BCUT2D eigenvalue weighted by Crippen LogP contribution is 2.22. The summed E-state index contributed by atoms with van der Waals surface area (Å²) in [5, 5.41) is 0. The van der Waals surface area contributed by atoms with Crippen molar-refractivity contribution < 1.29 is 9.21 Å². The Morgan fingerprint density at radius 1 is 1.04 bits per heavy atom. The quantitative estimate of drug-likeness (QED) is 0.660. The maximum absolute atomic E-state index is 12.6. The van der Waals surface area contributed by atoms with Gasteiger partial charge in [0.15, 0.2) is 0 Å². The van der Waals surface area contributed by atoms with Crippen LogP contribution in [0.1, 0.15) is 24.8 Å². The highest BCUT2D eigenvalue weighted by atomic mass is 16.4. The standard InChI is InChI=1S/C21H22N2O2/c1-3-23(18-12-8-5-9-13-18)20(24)15-14-19-16(2)25-21(22-19)17-10-6-4-7-11-17/h4-13H,3,14-15H2,1-2H3. The molecule has 1 aromatic heterocycles. The number of anilines is 1. The summed E-state index contributed by atoms with van der Waals surface area (Å²) in [4.78, 5) is 19.0. The van der Waals surface area contributed by atoms with Gasteiger partial charge >= 0.3 is 0 Å². The predicted octanol–water partition coefficient (Wildman–Crippen LogP) is 4.64. The molecule has 0 atom stereocenters. The molecule has 1 heterocycles. The number of carbonyl (C=O) groups is 1. The van der Waals surface area contributed by atoms with Gasteiger partial charge < -0.3 is 9.32 Å². The van der Waals surface area contributed by atoms with E-state index < -0.39 is 0 Å². The largest absolute Gasteiger partial charge is 0.441 e. The third kappa shape index (κ3) is 3.97. The molecule has 0 saturated heterocycles. The molecule has 0 aliphatic heterocycles. The SMILES string of the molecule is CCN(C(=O)CCc1nc(-c2ccccc2)oc1C)c1ccccc1. The summed E-state index contributed by atoms with van der Waals surface area (Å²) in [7, 11) is 0. The lowest BCUT2D eigenvalue weighted by molar-refractivity contribution is -0.118. The summed E-state index contributed by atoms with van der Waals surface area (Å²) in [6, 6.07) is 19.6. The van der Waals surface area contributed by atoms with Crippen LogP contribution in [0.5, 0.6) is 0 Å². The van der Waals surface area contributed by atoms with Crippen molar-refractivity contribution in [2.24, 2.45) is 0 Å². The Labute approximate surface area is 148 Å². The van der Waals surface area contributed by atoms with Crippen LogP contribution in [0.15, 0.2) is 65.1 Å². The summed E-state index contributed by atoms with van der Waals surface area (Å²) < 4.78 is 5.77. The van der Waals surface area contributed by atoms with E-state index in [1.54, 1.807) is 4.90 Å². The van der Waals surface area contributed by atoms with Crippen molar-refractivity contribution in [3.63, 3.8) is 0 Å². The molecule has 4 heteroatoms. The van der Waals surface area contributed by atoms with Gasteiger partial charge in [0.25, 0.3) is 0 Å². The number of hydrogen-bond donors (Lipinski definition) is 0. The highest BCUT2D eigenvalue weighted by molar-refractivity contribution is 5.93. The Hall–Kier alpha value is -2.88. The Morgan fingerprint density at radius 2 is 1.68 bits per heavy atom. The van der Waals surface area contributed by atoms with Crippen molar-refractivity contribution in [2.45, 2.75) is 26.7 Å². The first-order chi connectivity index (χ1) is 12.2. The number of amides is 1. The predicted molar refractivity (Wildman–Crippen MR) is 99.5 cm³/mol. The molecular weight excluding hydrogens is 312 g/mol. The lowest BCUT2D eigenvalue weighted by Crippen LogP contribution is -2.30. The summed E-state index contributed by atoms with van der Waals surface area (Å²) in [5.41, 5.74) is 2.72. The lowest BCUT2D eigenvalue weighted by Gasteiger charge is -2.20. The van der Waals surface area contributed by atoms with Crippen molar-refractivity contribution in [1.29, 1.82) is 0 Å². The van der Waals surface area contributed by atoms with E-state index in [9.17, 15) is 4.79 Å². The average molecular weight is 334 g/mol. The van der Waals surface area contributed by atoms with E-state index >= 15 is 0 Å². The third-order valence-electron chi connectivity index (χ3n) is 4.17. The van der Waals surface area contributed by atoms with Gasteiger partial charge in [-0.15, -0.1) is 0 Å². The van der Waals surface area contributed by atoms with E-state index in [4.69, 9.17) is 4.42 Å².